The van der Waals surface area contributed by atoms with E-state index in [0.717, 1.165) is 26.5 Å². The lowest BCUT2D eigenvalue weighted by atomic mass is 10.2. The van der Waals surface area contributed by atoms with Gasteiger partial charge in [0, 0.05) is 10.6 Å². The van der Waals surface area contributed by atoms with Crippen LogP contribution in [0.1, 0.15) is 21.8 Å². The predicted octanol–water partition coefficient (Wildman–Crippen LogP) is 3.78. The van der Waals surface area contributed by atoms with Crippen molar-refractivity contribution in [3.05, 3.63) is 56.4 Å². The number of aryl methyl sites for hydroxylation is 3. The van der Waals surface area contributed by atoms with Crippen molar-refractivity contribution in [1.82, 2.24) is 9.97 Å². The van der Waals surface area contributed by atoms with Gasteiger partial charge in [0.1, 0.15) is 10.7 Å². The number of carbonyl (C=O) groups is 1. The lowest BCUT2D eigenvalue weighted by Gasteiger charge is -2.06. The van der Waals surface area contributed by atoms with E-state index in [1.54, 1.807) is 0 Å². The Hall–Kier alpha value is -2.12. The molecule has 1 aromatic carbocycles. The molecule has 0 saturated carbocycles. The highest BCUT2D eigenvalue weighted by Crippen LogP contribution is 2.26. The molecule has 0 aliphatic rings. The summed E-state index contributed by atoms with van der Waals surface area (Å²) < 4.78 is 0. The van der Waals surface area contributed by atoms with E-state index in [9.17, 15) is 9.59 Å². The molecule has 0 aliphatic heterocycles. The first-order chi connectivity index (χ1) is 11.9. The number of nitrogens with one attached hydrogen (secondary N) is 2. The van der Waals surface area contributed by atoms with Gasteiger partial charge in [0.15, 0.2) is 0 Å². The minimum Gasteiger partial charge on any atom is -0.325 e. The predicted molar refractivity (Wildman–Crippen MR) is 106 cm³/mol. The van der Waals surface area contributed by atoms with Gasteiger partial charge in [0.2, 0.25) is 5.91 Å². The Balaban J connectivity index is 1.61. The number of rotatable bonds is 5. The number of thiophene rings is 1. The SMILES string of the molecule is Cc1cccc(NC(=O)CSCc2nc3sc(C)c(C)c3c(=O)[nH]2)c1. The second kappa shape index (κ2) is 7.41. The maximum atomic E-state index is 12.2. The van der Waals surface area contributed by atoms with Gasteiger partial charge in [-0.25, -0.2) is 4.98 Å². The lowest BCUT2D eigenvalue weighted by molar-refractivity contribution is -0.113. The number of nitrogens with zero attached hydrogens (tertiary/aromatic N) is 1. The molecule has 25 heavy (non-hydrogen) atoms. The van der Waals surface area contributed by atoms with E-state index in [1.165, 1.54) is 23.1 Å². The topological polar surface area (TPSA) is 74.8 Å². The van der Waals surface area contributed by atoms with Crippen LogP contribution in [0.5, 0.6) is 0 Å². The van der Waals surface area contributed by atoms with Gasteiger partial charge >= 0.3 is 0 Å². The Morgan fingerprint density at radius 1 is 1.32 bits per heavy atom. The molecule has 2 heterocycles. The van der Waals surface area contributed by atoms with Gasteiger partial charge < -0.3 is 10.3 Å². The second-order valence-electron chi connectivity index (χ2n) is 5.89. The third kappa shape index (κ3) is 4.11. The first kappa shape index (κ1) is 17.7. The van der Waals surface area contributed by atoms with Crippen LogP contribution in [0.15, 0.2) is 29.1 Å². The molecule has 0 aliphatic carbocycles. The molecule has 0 bridgehead atoms. The first-order valence-electron chi connectivity index (χ1n) is 7.87. The summed E-state index contributed by atoms with van der Waals surface area (Å²) in [6, 6.07) is 7.69. The molecule has 0 fully saturated rings. The summed E-state index contributed by atoms with van der Waals surface area (Å²) in [5.41, 5.74) is 2.78. The Morgan fingerprint density at radius 3 is 2.88 bits per heavy atom. The largest absolute Gasteiger partial charge is 0.325 e. The summed E-state index contributed by atoms with van der Waals surface area (Å²) in [6.07, 6.45) is 0. The molecule has 0 radical (unpaired) electrons. The van der Waals surface area contributed by atoms with E-state index in [4.69, 9.17) is 0 Å². The van der Waals surface area contributed by atoms with E-state index in [0.29, 0.717) is 22.7 Å². The number of hydrogen-bond donors (Lipinski definition) is 2. The Bertz CT molecular complexity index is 992. The number of thioether (sulfide) groups is 1. The molecule has 5 nitrogen and oxygen atoms in total. The maximum absolute atomic E-state index is 12.2. The minimum absolute atomic E-state index is 0.0677. The molecule has 2 aromatic heterocycles. The molecule has 130 valence electrons. The van der Waals surface area contributed by atoms with Gasteiger partial charge in [-0.05, 0) is 44.0 Å². The molecular weight excluding hydrogens is 354 g/mol. The van der Waals surface area contributed by atoms with Crippen molar-refractivity contribution < 1.29 is 4.79 Å². The molecule has 1 amide bonds. The molecule has 0 saturated heterocycles. The smallest absolute Gasteiger partial charge is 0.259 e. The number of aromatic amines is 1. The van der Waals surface area contributed by atoms with Gasteiger partial charge in [-0.1, -0.05) is 12.1 Å². The van der Waals surface area contributed by atoms with Crippen LogP contribution in [0.4, 0.5) is 5.69 Å². The highest BCUT2D eigenvalue weighted by Gasteiger charge is 2.12. The van der Waals surface area contributed by atoms with E-state index in [1.807, 2.05) is 45.0 Å². The average molecular weight is 374 g/mol. The highest BCUT2D eigenvalue weighted by molar-refractivity contribution is 7.99. The van der Waals surface area contributed by atoms with Crippen LogP contribution >= 0.6 is 23.1 Å². The van der Waals surface area contributed by atoms with Crippen LogP contribution in [0.25, 0.3) is 10.2 Å². The van der Waals surface area contributed by atoms with Crippen molar-refractivity contribution in [2.24, 2.45) is 0 Å². The van der Waals surface area contributed by atoms with Gasteiger partial charge in [-0.2, -0.15) is 0 Å². The molecular formula is C18H19N3O2S2. The van der Waals surface area contributed by atoms with E-state index in [-0.39, 0.29) is 11.5 Å². The zero-order valence-corrected chi connectivity index (χ0v) is 15.9. The Kier molecular flexibility index (Phi) is 5.24. The molecule has 7 heteroatoms. The number of amides is 1. The fourth-order valence-electron chi connectivity index (χ4n) is 2.53. The van der Waals surface area contributed by atoms with Crippen LogP contribution < -0.4 is 10.9 Å². The molecule has 0 atom stereocenters. The number of anilines is 1. The van der Waals surface area contributed by atoms with Gasteiger partial charge in [-0.15, -0.1) is 23.1 Å². The number of fused-ring (bicyclic) bond motifs is 1. The third-order valence-corrected chi connectivity index (χ3v) is 5.91. The van der Waals surface area contributed by atoms with E-state index in [2.05, 4.69) is 15.3 Å². The van der Waals surface area contributed by atoms with Crippen molar-refractivity contribution in [1.29, 1.82) is 0 Å². The fraction of sp³-hybridized carbons (Fsp3) is 0.278. The molecule has 2 N–H and O–H groups in total. The van der Waals surface area contributed by atoms with Gasteiger partial charge in [0.25, 0.3) is 5.56 Å². The minimum atomic E-state index is -0.105. The normalized spacial score (nSPS) is 11.0. The zero-order chi connectivity index (χ0) is 18.0. The summed E-state index contributed by atoms with van der Waals surface area (Å²) >= 11 is 2.96. The first-order valence-corrected chi connectivity index (χ1v) is 9.84. The Labute approximate surface area is 153 Å². The maximum Gasteiger partial charge on any atom is 0.259 e. The lowest BCUT2D eigenvalue weighted by Crippen LogP contribution is -2.15. The summed E-state index contributed by atoms with van der Waals surface area (Å²) in [5.74, 6) is 1.33. The number of hydrogen-bond acceptors (Lipinski definition) is 5. The average Bonchev–Trinajstić information content (AvgIpc) is 2.82. The van der Waals surface area contributed by atoms with Gasteiger partial charge in [-0.3, -0.25) is 9.59 Å². The van der Waals surface area contributed by atoms with Crippen LogP contribution in [-0.2, 0) is 10.5 Å². The van der Waals surface area contributed by atoms with Crippen LogP contribution in [-0.4, -0.2) is 21.6 Å². The highest BCUT2D eigenvalue weighted by atomic mass is 32.2. The van der Waals surface area contributed by atoms with Gasteiger partial charge in [0.05, 0.1) is 16.9 Å². The monoisotopic (exact) mass is 373 g/mol. The van der Waals surface area contributed by atoms with Crippen LogP contribution in [0, 0.1) is 20.8 Å². The van der Waals surface area contributed by atoms with Crippen molar-refractivity contribution in [3.63, 3.8) is 0 Å². The summed E-state index contributed by atoms with van der Waals surface area (Å²) in [4.78, 5) is 33.5. The molecule has 3 rings (SSSR count). The standard InChI is InChI=1S/C18H19N3O2S2/c1-10-5-4-6-13(7-10)19-15(22)9-24-8-14-20-17(23)16-11(2)12(3)25-18(16)21-14/h4-7H,8-9H2,1-3H3,(H,19,22)(H,20,21,23). The quantitative estimate of drug-likeness (QED) is 0.714. The number of carbonyl (C=O) groups excluding carboxylic acids is 1. The number of benzene rings is 1. The van der Waals surface area contributed by atoms with Crippen LogP contribution in [0.2, 0.25) is 0 Å². The Morgan fingerprint density at radius 2 is 2.12 bits per heavy atom. The van der Waals surface area contributed by atoms with Crippen molar-refractivity contribution >= 4 is 44.9 Å². The summed E-state index contributed by atoms with van der Waals surface area (Å²) in [5, 5.41) is 3.55. The molecule has 3 aromatic rings. The summed E-state index contributed by atoms with van der Waals surface area (Å²) in [6.45, 7) is 5.91. The van der Waals surface area contributed by atoms with E-state index >= 15 is 0 Å². The zero-order valence-electron chi connectivity index (χ0n) is 14.3. The third-order valence-electron chi connectivity index (χ3n) is 3.86. The number of H-pyrrole nitrogens is 1. The fourth-order valence-corrected chi connectivity index (χ4v) is 4.27. The van der Waals surface area contributed by atoms with Crippen molar-refractivity contribution in [2.75, 3.05) is 11.1 Å². The second-order valence-corrected chi connectivity index (χ2v) is 8.08. The van der Waals surface area contributed by atoms with E-state index < -0.39 is 0 Å². The van der Waals surface area contributed by atoms with Crippen LogP contribution in [0.3, 0.4) is 0 Å². The molecule has 0 unspecified atom stereocenters. The van der Waals surface area contributed by atoms with Crippen molar-refractivity contribution in [2.45, 2.75) is 26.5 Å². The number of aromatic nitrogens is 2. The summed E-state index contributed by atoms with van der Waals surface area (Å²) in [7, 11) is 0. The van der Waals surface area contributed by atoms with Crippen molar-refractivity contribution in [3.8, 4) is 0 Å². The molecule has 0 spiro atoms.